The van der Waals surface area contributed by atoms with Gasteiger partial charge in [0.2, 0.25) is 11.8 Å². The summed E-state index contributed by atoms with van der Waals surface area (Å²) in [5.41, 5.74) is 1.68. The topological polar surface area (TPSA) is 110 Å². The number of benzene rings is 2. The van der Waals surface area contributed by atoms with E-state index in [-0.39, 0.29) is 11.8 Å². The molecular weight excluding hydrogens is 410 g/mol. The highest BCUT2D eigenvalue weighted by Gasteiger charge is 2.12. The number of nitrogens with one attached hydrogen (secondary N) is 2. The number of rotatable bonds is 10. The fourth-order valence-corrected chi connectivity index (χ4v) is 2.97. The average Bonchev–Trinajstić information content (AvgIpc) is 3.26. The summed E-state index contributed by atoms with van der Waals surface area (Å²) in [6, 6.07) is 13.9. The number of amides is 2. The second kappa shape index (κ2) is 11.1. The summed E-state index contributed by atoms with van der Waals surface area (Å²) in [6.07, 6.45) is 1.03. The maximum absolute atomic E-state index is 12.5. The maximum Gasteiger partial charge on any atom is 0.255 e. The number of aryl methyl sites for hydroxylation is 1. The van der Waals surface area contributed by atoms with E-state index < -0.39 is 0 Å². The minimum Gasteiger partial charge on any atom is -0.495 e. The van der Waals surface area contributed by atoms with E-state index >= 15 is 0 Å². The van der Waals surface area contributed by atoms with Crippen molar-refractivity contribution in [1.82, 2.24) is 15.0 Å². The lowest BCUT2D eigenvalue weighted by molar-refractivity contribution is -0.116. The van der Waals surface area contributed by atoms with Gasteiger partial charge in [0.15, 0.2) is 5.82 Å². The van der Waals surface area contributed by atoms with Crippen LogP contribution in [0.3, 0.4) is 0 Å². The fraction of sp³-hybridized carbons (Fsp3) is 0.304. The van der Waals surface area contributed by atoms with Gasteiger partial charge in [-0.3, -0.25) is 14.5 Å². The van der Waals surface area contributed by atoms with Crippen LogP contribution in [-0.4, -0.2) is 47.6 Å². The molecule has 0 fully saturated rings. The molecular formula is C23H27N5O4. The molecule has 2 amide bonds. The van der Waals surface area contributed by atoms with Gasteiger partial charge in [-0.05, 0) is 43.4 Å². The molecule has 0 saturated heterocycles. The number of para-hydroxylation sites is 2. The average molecular weight is 438 g/mol. The standard InChI is InChI=1S/C23H27N5O4/c1-4-20-26-22(32-27-20)15-28(2)14-13-21(29)24-17-11-9-16(10-12-17)23(30)25-18-7-5-6-8-19(18)31-3/h5-12H,4,13-15H2,1-3H3,(H,24,29)(H,25,30). The number of carbonyl (C=O) groups is 2. The molecule has 0 radical (unpaired) electrons. The molecule has 1 heterocycles. The van der Waals surface area contributed by atoms with Crippen LogP contribution in [0.4, 0.5) is 11.4 Å². The van der Waals surface area contributed by atoms with Crippen LogP contribution in [-0.2, 0) is 17.8 Å². The van der Waals surface area contributed by atoms with Gasteiger partial charge in [-0.2, -0.15) is 4.98 Å². The number of hydrogen-bond acceptors (Lipinski definition) is 7. The quantitative estimate of drug-likeness (QED) is 0.500. The summed E-state index contributed by atoms with van der Waals surface area (Å²) in [7, 11) is 3.44. The number of methoxy groups -OCH3 is 1. The molecule has 0 atom stereocenters. The highest BCUT2D eigenvalue weighted by Crippen LogP contribution is 2.23. The molecule has 0 saturated carbocycles. The zero-order valence-corrected chi connectivity index (χ0v) is 18.4. The molecule has 9 heteroatoms. The smallest absolute Gasteiger partial charge is 0.255 e. The van der Waals surface area contributed by atoms with E-state index in [0.29, 0.717) is 53.9 Å². The Balaban J connectivity index is 1.47. The normalized spacial score (nSPS) is 10.8. The molecule has 32 heavy (non-hydrogen) atoms. The Morgan fingerprint density at radius 2 is 1.84 bits per heavy atom. The SMILES string of the molecule is CCc1noc(CN(C)CCC(=O)Nc2ccc(C(=O)Nc3ccccc3OC)cc2)n1. The molecule has 0 unspecified atom stereocenters. The predicted molar refractivity (Wildman–Crippen MR) is 121 cm³/mol. The van der Waals surface area contributed by atoms with Crippen LogP contribution in [0.5, 0.6) is 5.75 Å². The highest BCUT2D eigenvalue weighted by molar-refractivity contribution is 6.05. The molecule has 2 aromatic carbocycles. The molecule has 3 aromatic rings. The number of anilines is 2. The summed E-state index contributed by atoms with van der Waals surface area (Å²) in [5.74, 6) is 1.40. The van der Waals surface area contributed by atoms with Crippen molar-refractivity contribution < 1.29 is 18.8 Å². The number of carbonyl (C=O) groups excluding carboxylic acids is 2. The van der Waals surface area contributed by atoms with Gasteiger partial charge in [0.05, 0.1) is 19.3 Å². The van der Waals surface area contributed by atoms with E-state index in [1.165, 1.54) is 0 Å². The Morgan fingerprint density at radius 3 is 2.53 bits per heavy atom. The summed E-state index contributed by atoms with van der Waals surface area (Å²) < 4.78 is 10.4. The molecule has 0 bridgehead atoms. The van der Waals surface area contributed by atoms with Gasteiger partial charge in [0, 0.05) is 30.6 Å². The summed E-state index contributed by atoms with van der Waals surface area (Å²) in [5, 5.41) is 9.52. The van der Waals surface area contributed by atoms with Gasteiger partial charge in [-0.25, -0.2) is 0 Å². The predicted octanol–water partition coefficient (Wildman–Crippen LogP) is 3.35. The van der Waals surface area contributed by atoms with Crippen LogP contribution >= 0.6 is 0 Å². The minimum atomic E-state index is -0.263. The molecule has 0 aliphatic heterocycles. The van der Waals surface area contributed by atoms with Crippen molar-refractivity contribution >= 4 is 23.2 Å². The molecule has 0 aliphatic carbocycles. The zero-order valence-electron chi connectivity index (χ0n) is 18.4. The van der Waals surface area contributed by atoms with Crippen molar-refractivity contribution in [2.45, 2.75) is 26.3 Å². The molecule has 1 aromatic heterocycles. The number of hydrogen-bond donors (Lipinski definition) is 2. The molecule has 3 rings (SSSR count). The van der Waals surface area contributed by atoms with Gasteiger partial charge >= 0.3 is 0 Å². The van der Waals surface area contributed by atoms with Crippen LogP contribution in [0, 0.1) is 0 Å². The van der Waals surface area contributed by atoms with Crippen molar-refractivity contribution in [3.05, 3.63) is 65.8 Å². The monoisotopic (exact) mass is 437 g/mol. The van der Waals surface area contributed by atoms with E-state index in [2.05, 4.69) is 20.8 Å². The Labute approximate surface area is 186 Å². The fourth-order valence-electron chi connectivity index (χ4n) is 2.97. The van der Waals surface area contributed by atoms with Crippen molar-refractivity contribution in [2.24, 2.45) is 0 Å². The number of aromatic nitrogens is 2. The van der Waals surface area contributed by atoms with Gasteiger partial charge in [-0.1, -0.05) is 24.2 Å². The van der Waals surface area contributed by atoms with E-state index in [9.17, 15) is 9.59 Å². The van der Waals surface area contributed by atoms with Crippen LogP contribution < -0.4 is 15.4 Å². The third kappa shape index (κ3) is 6.39. The van der Waals surface area contributed by atoms with Crippen LogP contribution in [0.2, 0.25) is 0 Å². The van der Waals surface area contributed by atoms with E-state index in [0.717, 1.165) is 6.42 Å². The lowest BCUT2D eigenvalue weighted by Crippen LogP contribution is -2.24. The molecule has 168 valence electrons. The Hall–Kier alpha value is -3.72. The number of nitrogens with zero attached hydrogens (tertiary/aromatic N) is 3. The first-order valence-electron chi connectivity index (χ1n) is 10.3. The molecule has 2 N–H and O–H groups in total. The highest BCUT2D eigenvalue weighted by atomic mass is 16.5. The lowest BCUT2D eigenvalue weighted by Gasteiger charge is -2.14. The first-order valence-corrected chi connectivity index (χ1v) is 10.3. The summed E-state index contributed by atoms with van der Waals surface area (Å²) >= 11 is 0. The lowest BCUT2D eigenvalue weighted by atomic mass is 10.2. The van der Waals surface area contributed by atoms with E-state index in [4.69, 9.17) is 9.26 Å². The van der Waals surface area contributed by atoms with Crippen LogP contribution in [0.15, 0.2) is 53.1 Å². The van der Waals surface area contributed by atoms with E-state index in [1.807, 2.05) is 31.0 Å². The summed E-state index contributed by atoms with van der Waals surface area (Å²) in [6.45, 7) is 2.98. The zero-order chi connectivity index (χ0) is 22.9. The second-order valence-corrected chi connectivity index (χ2v) is 7.23. The first kappa shape index (κ1) is 23.0. The van der Waals surface area contributed by atoms with Crippen LogP contribution in [0.25, 0.3) is 0 Å². The van der Waals surface area contributed by atoms with Crippen molar-refractivity contribution in [2.75, 3.05) is 31.3 Å². The van der Waals surface area contributed by atoms with Gasteiger partial charge in [0.25, 0.3) is 5.91 Å². The summed E-state index contributed by atoms with van der Waals surface area (Å²) in [4.78, 5) is 31.0. The largest absolute Gasteiger partial charge is 0.495 e. The van der Waals surface area contributed by atoms with Gasteiger partial charge < -0.3 is 19.9 Å². The maximum atomic E-state index is 12.5. The van der Waals surface area contributed by atoms with Gasteiger partial charge in [-0.15, -0.1) is 0 Å². The second-order valence-electron chi connectivity index (χ2n) is 7.23. The van der Waals surface area contributed by atoms with Crippen molar-refractivity contribution in [1.29, 1.82) is 0 Å². The van der Waals surface area contributed by atoms with E-state index in [1.54, 1.807) is 43.5 Å². The van der Waals surface area contributed by atoms with Crippen LogP contribution in [0.1, 0.15) is 35.4 Å². The van der Waals surface area contributed by atoms with Gasteiger partial charge in [0.1, 0.15) is 5.75 Å². The Kier molecular flexibility index (Phi) is 7.93. The Bertz CT molecular complexity index is 1050. The minimum absolute atomic E-state index is 0.122. The molecule has 0 aliphatic rings. The molecule has 0 spiro atoms. The third-order valence-electron chi connectivity index (χ3n) is 4.74. The first-order chi connectivity index (χ1) is 15.5. The molecule has 9 nitrogen and oxygen atoms in total. The van der Waals surface area contributed by atoms with Crippen molar-refractivity contribution in [3.8, 4) is 5.75 Å². The Morgan fingerprint density at radius 1 is 1.09 bits per heavy atom. The number of ether oxygens (including phenoxy) is 1. The van der Waals surface area contributed by atoms with Crippen molar-refractivity contribution in [3.63, 3.8) is 0 Å². The third-order valence-corrected chi connectivity index (χ3v) is 4.74.